The van der Waals surface area contributed by atoms with Crippen LogP contribution in [0.2, 0.25) is 5.02 Å². The molecule has 0 bridgehead atoms. The SMILES string of the molecule is CC(NC(=O)CN1CN(c2ccccc2)C2(CCN(C(=O)Nc3cccc(Cl)c3)CC2)C1=O)c1ccccc1. The molecule has 1 atom stereocenters. The molecule has 2 fully saturated rings. The van der Waals surface area contributed by atoms with Gasteiger partial charge in [0.15, 0.2) is 0 Å². The van der Waals surface area contributed by atoms with Crippen molar-refractivity contribution in [1.82, 2.24) is 15.1 Å². The Morgan fingerprint density at radius 1 is 0.949 bits per heavy atom. The maximum atomic E-state index is 13.9. The second-order valence-electron chi connectivity index (χ2n) is 10.1. The average molecular weight is 546 g/mol. The summed E-state index contributed by atoms with van der Waals surface area (Å²) < 4.78 is 0. The molecular weight excluding hydrogens is 514 g/mol. The number of para-hydroxylation sites is 1. The second kappa shape index (κ2) is 11.4. The molecule has 8 nitrogen and oxygen atoms in total. The number of piperidine rings is 1. The summed E-state index contributed by atoms with van der Waals surface area (Å²) in [6, 6.07) is 26.1. The van der Waals surface area contributed by atoms with Crippen LogP contribution >= 0.6 is 11.6 Å². The monoisotopic (exact) mass is 545 g/mol. The summed E-state index contributed by atoms with van der Waals surface area (Å²) in [4.78, 5) is 45.3. The molecule has 1 spiro atoms. The molecule has 1 unspecified atom stereocenters. The molecule has 9 heteroatoms. The molecule has 0 aliphatic carbocycles. The lowest BCUT2D eigenvalue weighted by Crippen LogP contribution is -2.58. The van der Waals surface area contributed by atoms with E-state index in [2.05, 4.69) is 15.5 Å². The zero-order valence-corrected chi connectivity index (χ0v) is 22.6. The summed E-state index contributed by atoms with van der Waals surface area (Å²) in [7, 11) is 0. The summed E-state index contributed by atoms with van der Waals surface area (Å²) in [6.07, 6.45) is 0.921. The number of carbonyl (C=O) groups excluding carboxylic acids is 3. The fourth-order valence-electron chi connectivity index (χ4n) is 5.46. The molecule has 0 saturated carbocycles. The van der Waals surface area contributed by atoms with Gasteiger partial charge in [0.25, 0.3) is 5.91 Å². The number of hydrogen-bond donors (Lipinski definition) is 2. The summed E-state index contributed by atoms with van der Waals surface area (Å²) in [5.41, 5.74) is 1.73. The first kappa shape index (κ1) is 26.6. The fourth-order valence-corrected chi connectivity index (χ4v) is 5.65. The first-order valence-electron chi connectivity index (χ1n) is 13.1. The first-order valence-corrected chi connectivity index (χ1v) is 13.5. The molecule has 0 aromatic heterocycles. The smallest absolute Gasteiger partial charge is 0.321 e. The third-order valence-corrected chi connectivity index (χ3v) is 7.78. The van der Waals surface area contributed by atoms with E-state index in [4.69, 9.17) is 11.6 Å². The number of nitrogens with zero attached hydrogens (tertiary/aromatic N) is 3. The zero-order valence-electron chi connectivity index (χ0n) is 21.8. The van der Waals surface area contributed by atoms with Crippen molar-refractivity contribution in [3.05, 3.63) is 95.5 Å². The minimum atomic E-state index is -0.820. The Bertz CT molecular complexity index is 1330. The summed E-state index contributed by atoms with van der Waals surface area (Å²) in [5, 5.41) is 6.45. The van der Waals surface area contributed by atoms with Crippen molar-refractivity contribution in [2.75, 3.05) is 36.5 Å². The fraction of sp³-hybridized carbons (Fsp3) is 0.300. The topological polar surface area (TPSA) is 85.0 Å². The van der Waals surface area contributed by atoms with Gasteiger partial charge in [-0.2, -0.15) is 0 Å². The summed E-state index contributed by atoms with van der Waals surface area (Å²) in [6.45, 7) is 3.03. The number of rotatable bonds is 6. The predicted octanol–water partition coefficient (Wildman–Crippen LogP) is 4.89. The van der Waals surface area contributed by atoms with Gasteiger partial charge in [-0.1, -0.05) is 66.2 Å². The van der Waals surface area contributed by atoms with Gasteiger partial charge in [0, 0.05) is 29.5 Å². The second-order valence-corrected chi connectivity index (χ2v) is 10.5. The van der Waals surface area contributed by atoms with Crippen LogP contribution in [-0.4, -0.2) is 59.5 Å². The highest BCUT2D eigenvalue weighted by atomic mass is 35.5. The third kappa shape index (κ3) is 5.71. The predicted molar refractivity (Wildman–Crippen MR) is 153 cm³/mol. The van der Waals surface area contributed by atoms with Crippen molar-refractivity contribution >= 4 is 40.8 Å². The van der Waals surface area contributed by atoms with Crippen LogP contribution < -0.4 is 15.5 Å². The van der Waals surface area contributed by atoms with Crippen molar-refractivity contribution in [3.63, 3.8) is 0 Å². The molecular formula is C30H32ClN5O3. The number of hydrogen-bond acceptors (Lipinski definition) is 4. The Morgan fingerprint density at radius 3 is 2.28 bits per heavy atom. The van der Waals surface area contributed by atoms with Crippen LogP contribution in [-0.2, 0) is 9.59 Å². The molecule has 2 saturated heterocycles. The number of urea groups is 1. The average Bonchev–Trinajstić information content (AvgIpc) is 3.20. The molecule has 39 heavy (non-hydrogen) atoms. The summed E-state index contributed by atoms with van der Waals surface area (Å²) in [5.74, 6) is -0.285. The number of likely N-dealkylation sites (tertiary alicyclic amines) is 1. The number of carbonyl (C=O) groups is 3. The van der Waals surface area contributed by atoms with Crippen LogP contribution in [0.15, 0.2) is 84.9 Å². The van der Waals surface area contributed by atoms with Crippen LogP contribution in [0.1, 0.15) is 31.4 Å². The van der Waals surface area contributed by atoms with Gasteiger partial charge in [-0.05, 0) is 55.7 Å². The van der Waals surface area contributed by atoms with Crippen molar-refractivity contribution in [2.24, 2.45) is 0 Å². The Morgan fingerprint density at radius 2 is 1.62 bits per heavy atom. The van der Waals surface area contributed by atoms with E-state index in [1.807, 2.05) is 67.6 Å². The van der Waals surface area contributed by atoms with Gasteiger partial charge in [0.2, 0.25) is 5.91 Å². The van der Waals surface area contributed by atoms with Crippen molar-refractivity contribution < 1.29 is 14.4 Å². The molecule has 3 aromatic rings. The van der Waals surface area contributed by atoms with E-state index in [0.29, 0.717) is 43.3 Å². The zero-order chi connectivity index (χ0) is 27.4. The molecule has 3 aromatic carbocycles. The molecule has 4 amide bonds. The molecule has 5 rings (SSSR count). The van der Waals surface area contributed by atoms with Crippen LogP contribution in [0.3, 0.4) is 0 Å². The van der Waals surface area contributed by atoms with E-state index in [1.54, 1.807) is 34.1 Å². The van der Waals surface area contributed by atoms with Gasteiger partial charge in [-0.25, -0.2) is 4.79 Å². The van der Waals surface area contributed by atoms with E-state index < -0.39 is 5.54 Å². The Hall–Kier alpha value is -4.04. The number of halogens is 1. The van der Waals surface area contributed by atoms with E-state index in [9.17, 15) is 14.4 Å². The standard InChI is InChI=1S/C30H32ClN5O3/c1-22(23-9-4-2-5-10-23)32-27(37)20-35-21-36(26-13-6-3-7-14-26)30(28(35)38)15-17-34(18-16-30)29(39)33-25-12-8-11-24(31)19-25/h2-14,19,22H,15-18,20-21H2,1H3,(H,32,37)(H,33,39). The van der Waals surface area contributed by atoms with Crippen molar-refractivity contribution in [1.29, 1.82) is 0 Å². The van der Waals surface area contributed by atoms with Gasteiger partial charge in [0.05, 0.1) is 12.7 Å². The Balaban J connectivity index is 1.29. The highest BCUT2D eigenvalue weighted by Gasteiger charge is 2.54. The Kier molecular flexibility index (Phi) is 7.74. The normalized spacial score (nSPS) is 17.3. The highest BCUT2D eigenvalue weighted by Crippen LogP contribution is 2.39. The van der Waals surface area contributed by atoms with Crippen LogP contribution in [0, 0.1) is 0 Å². The number of nitrogens with one attached hydrogen (secondary N) is 2. The third-order valence-electron chi connectivity index (χ3n) is 7.55. The van der Waals surface area contributed by atoms with Gasteiger partial charge in [0.1, 0.15) is 12.1 Å². The highest BCUT2D eigenvalue weighted by molar-refractivity contribution is 6.30. The van der Waals surface area contributed by atoms with Crippen LogP contribution in [0.4, 0.5) is 16.2 Å². The van der Waals surface area contributed by atoms with Gasteiger partial charge in [-0.3, -0.25) is 9.59 Å². The molecule has 2 N–H and O–H groups in total. The van der Waals surface area contributed by atoms with Gasteiger partial charge >= 0.3 is 6.03 Å². The largest absolute Gasteiger partial charge is 0.348 e. The minimum Gasteiger partial charge on any atom is -0.348 e. The molecule has 202 valence electrons. The lowest BCUT2D eigenvalue weighted by molar-refractivity contribution is -0.137. The van der Waals surface area contributed by atoms with E-state index >= 15 is 0 Å². The number of anilines is 2. The lowest BCUT2D eigenvalue weighted by atomic mass is 9.85. The number of benzene rings is 3. The molecule has 0 radical (unpaired) electrons. The van der Waals surface area contributed by atoms with Crippen molar-refractivity contribution in [2.45, 2.75) is 31.3 Å². The first-order chi connectivity index (χ1) is 18.9. The van der Waals surface area contributed by atoms with Gasteiger partial charge < -0.3 is 25.3 Å². The molecule has 2 aliphatic heterocycles. The molecule has 2 heterocycles. The number of amides is 4. The van der Waals surface area contributed by atoms with Gasteiger partial charge in [-0.15, -0.1) is 0 Å². The maximum absolute atomic E-state index is 13.9. The van der Waals surface area contributed by atoms with Crippen LogP contribution in [0.25, 0.3) is 0 Å². The molecule has 2 aliphatic rings. The van der Waals surface area contributed by atoms with Crippen molar-refractivity contribution in [3.8, 4) is 0 Å². The maximum Gasteiger partial charge on any atom is 0.321 e. The Labute approximate surface area is 233 Å². The van der Waals surface area contributed by atoms with Crippen LogP contribution in [0.5, 0.6) is 0 Å². The van der Waals surface area contributed by atoms with E-state index in [0.717, 1.165) is 11.3 Å². The minimum absolute atomic E-state index is 0.0277. The summed E-state index contributed by atoms with van der Waals surface area (Å²) >= 11 is 6.05. The lowest BCUT2D eigenvalue weighted by Gasteiger charge is -2.43. The van der Waals surface area contributed by atoms with E-state index in [1.165, 1.54) is 0 Å². The quantitative estimate of drug-likeness (QED) is 0.462. The van der Waals surface area contributed by atoms with E-state index in [-0.39, 0.29) is 30.4 Å².